The van der Waals surface area contributed by atoms with Crippen LogP contribution in [-0.2, 0) is 0 Å². The summed E-state index contributed by atoms with van der Waals surface area (Å²) in [4.78, 5) is 2.67. The lowest BCUT2D eigenvalue weighted by atomic mass is 10.4. The number of hydrogen-bond donors (Lipinski definition) is 0. The Hall–Kier alpha value is -1.33. The molecule has 0 saturated heterocycles. The van der Waals surface area contributed by atoms with E-state index in [4.69, 9.17) is 0 Å². The van der Waals surface area contributed by atoms with Gasteiger partial charge >= 0.3 is 0 Å². The second-order valence-electron chi connectivity index (χ2n) is 1.85. The van der Waals surface area contributed by atoms with Gasteiger partial charge in [-0.2, -0.15) is 18.2 Å². The van der Waals surface area contributed by atoms with Gasteiger partial charge in [0, 0.05) is 0 Å². The van der Waals surface area contributed by atoms with Crippen LogP contribution in [0.5, 0.6) is 5.88 Å². The molecule has 0 aliphatic carbocycles. The van der Waals surface area contributed by atoms with Crippen molar-refractivity contribution >= 4 is 0 Å². The second-order valence-corrected chi connectivity index (χ2v) is 1.85. The third-order valence-electron chi connectivity index (χ3n) is 1.15. The van der Waals surface area contributed by atoms with E-state index in [1.165, 1.54) is 0 Å². The molecule has 0 spiro atoms. The zero-order valence-corrected chi connectivity index (χ0v) is 5.87. The van der Waals surface area contributed by atoms with Crippen LogP contribution < -0.4 is 4.74 Å². The van der Waals surface area contributed by atoms with E-state index in [-0.39, 0.29) is 0 Å². The van der Waals surface area contributed by atoms with Crippen molar-refractivity contribution in [3.05, 3.63) is 23.4 Å². The smallest absolute Gasteiger partial charge is 0.256 e. The van der Waals surface area contributed by atoms with E-state index in [9.17, 15) is 17.6 Å². The van der Waals surface area contributed by atoms with Gasteiger partial charge in [-0.25, -0.2) is 4.39 Å². The third kappa shape index (κ3) is 1.19. The quantitative estimate of drug-likeness (QED) is 0.485. The summed E-state index contributed by atoms with van der Waals surface area (Å²) in [5.74, 6) is -8.17. The molecule has 66 valence electrons. The van der Waals surface area contributed by atoms with Crippen LogP contribution in [0.3, 0.4) is 0 Å². The van der Waals surface area contributed by atoms with Crippen LogP contribution in [0.1, 0.15) is 0 Å². The Morgan fingerprint density at radius 3 is 2.08 bits per heavy atom. The molecule has 0 unspecified atom stereocenters. The van der Waals surface area contributed by atoms with Crippen LogP contribution in [0, 0.1) is 23.4 Å². The zero-order valence-electron chi connectivity index (χ0n) is 5.87. The fourth-order valence-corrected chi connectivity index (χ4v) is 0.603. The monoisotopic (exact) mass is 181 g/mol. The number of ether oxygens (including phenoxy) is 1. The number of halogens is 4. The van der Waals surface area contributed by atoms with Crippen molar-refractivity contribution < 1.29 is 22.3 Å². The highest BCUT2D eigenvalue weighted by molar-refractivity contribution is 5.16. The van der Waals surface area contributed by atoms with Crippen LogP contribution in [0.15, 0.2) is 0 Å². The number of methoxy groups -OCH3 is 1. The Labute approximate surface area is 64.8 Å². The van der Waals surface area contributed by atoms with E-state index in [0.717, 1.165) is 7.11 Å². The summed E-state index contributed by atoms with van der Waals surface area (Å²) in [7, 11) is 0.961. The van der Waals surface area contributed by atoms with Gasteiger partial charge in [-0.3, -0.25) is 0 Å². The molecule has 12 heavy (non-hydrogen) atoms. The van der Waals surface area contributed by atoms with Crippen LogP contribution in [0.25, 0.3) is 0 Å². The van der Waals surface area contributed by atoms with E-state index in [2.05, 4.69) is 9.72 Å². The van der Waals surface area contributed by atoms with Gasteiger partial charge in [0.25, 0.3) is 11.8 Å². The van der Waals surface area contributed by atoms with Crippen molar-refractivity contribution in [1.82, 2.24) is 4.98 Å². The first kappa shape index (κ1) is 8.76. The van der Waals surface area contributed by atoms with Crippen molar-refractivity contribution in [2.75, 3.05) is 7.11 Å². The van der Waals surface area contributed by atoms with E-state index >= 15 is 0 Å². The van der Waals surface area contributed by atoms with Gasteiger partial charge in [0.2, 0.25) is 17.5 Å². The molecule has 1 heterocycles. The summed E-state index contributed by atoms with van der Waals surface area (Å²) in [6.45, 7) is 0. The van der Waals surface area contributed by atoms with Gasteiger partial charge < -0.3 is 4.74 Å². The Bertz CT molecular complexity index is 315. The van der Waals surface area contributed by atoms with Crippen LogP contribution in [0.2, 0.25) is 0 Å². The maximum atomic E-state index is 12.5. The fourth-order valence-electron chi connectivity index (χ4n) is 0.603. The van der Waals surface area contributed by atoms with Gasteiger partial charge in [0.15, 0.2) is 0 Å². The molecule has 1 aromatic heterocycles. The van der Waals surface area contributed by atoms with Gasteiger partial charge in [0.1, 0.15) is 0 Å². The third-order valence-corrected chi connectivity index (χ3v) is 1.15. The molecule has 0 radical (unpaired) electrons. The topological polar surface area (TPSA) is 22.1 Å². The van der Waals surface area contributed by atoms with E-state index < -0.39 is 29.3 Å². The van der Waals surface area contributed by atoms with E-state index in [1.807, 2.05) is 0 Å². The molecule has 0 aromatic carbocycles. The Balaban J connectivity index is 3.39. The zero-order chi connectivity index (χ0) is 9.30. The molecule has 2 nitrogen and oxygen atoms in total. The standard InChI is InChI=1S/C6H3F4NO/c1-12-6-4(9)2(7)3(8)5(10)11-6/h1H3. The Morgan fingerprint density at radius 2 is 1.58 bits per heavy atom. The fraction of sp³-hybridized carbons (Fsp3) is 0.167. The van der Waals surface area contributed by atoms with Crippen LogP contribution >= 0.6 is 0 Å². The van der Waals surface area contributed by atoms with Crippen molar-refractivity contribution in [3.63, 3.8) is 0 Å². The molecule has 0 aliphatic heterocycles. The lowest BCUT2D eigenvalue weighted by Crippen LogP contribution is -2.03. The molecule has 1 rings (SSSR count). The number of aromatic nitrogens is 1. The molecule has 0 fully saturated rings. The Kier molecular flexibility index (Phi) is 2.16. The molecule has 0 aliphatic rings. The van der Waals surface area contributed by atoms with Crippen molar-refractivity contribution in [2.45, 2.75) is 0 Å². The summed E-state index contributed by atoms with van der Waals surface area (Å²) in [5.41, 5.74) is 0. The summed E-state index contributed by atoms with van der Waals surface area (Å²) in [6.07, 6.45) is 0. The number of pyridine rings is 1. The lowest BCUT2D eigenvalue weighted by molar-refractivity contribution is 0.319. The van der Waals surface area contributed by atoms with Crippen molar-refractivity contribution in [2.24, 2.45) is 0 Å². The highest BCUT2D eigenvalue weighted by Gasteiger charge is 2.20. The summed E-state index contributed by atoms with van der Waals surface area (Å²) in [6, 6.07) is 0. The van der Waals surface area contributed by atoms with Gasteiger partial charge in [-0.15, -0.1) is 0 Å². The van der Waals surface area contributed by atoms with Crippen molar-refractivity contribution in [3.8, 4) is 5.88 Å². The number of nitrogens with zero attached hydrogens (tertiary/aromatic N) is 1. The maximum absolute atomic E-state index is 12.5. The molecule has 0 amide bonds. The average Bonchev–Trinajstić information content (AvgIpc) is 2.08. The molecule has 6 heteroatoms. The number of rotatable bonds is 1. The largest absolute Gasteiger partial charge is 0.479 e. The van der Waals surface area contributed by atoms with E-state index in [1.54, 1.807) is 0 Å². The summed E-state index contributed by atoms with van der Waals surface area (Å²) in [5, 5.41) is 0. The minimum Gasteiger partial charge on any atom is -0.479 e. The maximum Gasteiger partial charge on any atom is 0.256 e. The minimum atomic E-state index is -1.95. The highest BCUT2D eigenvalue weighted by Crippen LogP contribution is 2.20. The van der Waals surface area contributed by atoms with Gasteiger partial charge in [-0.1, -0.05) is 0 Å². The first-order chi connectivity index (χ1) is 5.57. The highest BCUT2D eigenvalue weighted by atomic mass is 19.2. The SMILES string of the molecule is COc1nc(F)c(F)c(F)c1F. The van der Waals surface area contributed by atoms with E-state index in [0.29, 0.717) is 0 Å². The predicted octanol–water partition coefficient (Wildman–Crippen LogP) is 1.65. The first-order valence-electron chi connectivity index (χ1n) is 2.82. The first-order valence-corrected chi connectivity index (χ1v) is 2.82. The molecule has 0 atom stereocenters. The second kappa shape index (κ2) is 2.96. The molecule has 0 N–H and O–H groups in total. The summed E-state index contributed by atoms with van der Waals surface area (Å²) < 4.78 is 53.4. The van der Waals surface area contributed by atoms with Crippen molar-refractivity contribution in [1.29, 1.82) is 0 Å². The van der Waals surface area contributed by atoms with Crippen LogP contribution in [0.4, 0.5) is 17.6 Å². The summed E-state index contributed by atoms with van der Waals surface area (Å²) >= 11 is 0. The molecule has 1 aromatic rings. The predicted molar refractivity (Wildman–Crippen MR) is 30.6 cm³/mol. The van der Waals surface area contributed by atoms with Gasteiger partial charge in [-0.05, 0) is 0 Å². The average molecular weight is 181 g/mol. The molecule has 0 saturated carbocycles. The molecular formula is C6H3F4NO. The molecular weight excluding hydrogens is 178 g/mol. The number of hydrogen-bond acceptors (Lipinski definition) is 2. The van der Waals surface area contributed by atoms with Crippen LogP contribution in [-0.4, -0.2) is 12.1 Å². The normalized spacial score (nSPS) is 10.1. The van der Waals surface area contributed by atoms with Gasteiger partial charge in [0.05, 0.1) is 7.11 Å². The Morgan fingerprint density at radius 1 is 1.00 bits per heavy atom. The lowest BCUT2D eigenvalue weighted by Gasteiger charge is -2.01. The minimum absolute atomic E-state index is 0.911. The molecule has 0 bridgehead atoms.